The normalized spacial score (nSPS) is 24.9. The van der Waals surface area contributed by atoms with Crippen molar-refractivity contribution < 1.29 is 4.74 Å². The van der Waals surface area contributed by atoms with Crippen LogP contribution in [0.3, 0.4) is 0 Å². The number of guanidine groups is 1. The van der Waals surface area contributed by atoms with Gasteiger partial charge in [-0.3, -0.25) is 4.99 Å². The van der Waals surface area contributed by atoms with Crippen LogP contribution in [0, 0.1) is 0 Å². The first-order chi connectivity index (χ1) is 12.8. The smallest absolute Gasteiger partial charge is 0.191 e. The van der Waals surface area contributed by atoms with Gasteiger partial charge in [-0.05, 0) is 50.8 Å². The number of aliphatic imine (C=N–C) groups is 1. The quantitative estimate of drug-likeness (QED) is 0.347. The van der Waals surface area contributed by atoms with Crippen molar-refractivity contribution >= 4 is 41.7 Å². The Labute approximate surface area is 185 Å². The Kier molecular flexibility index (Phi) is 9.73. The van der Waals surface area contributed by atoms with E-state index < -0.39 is 0 Å². The predicted molar refractivity (Wildman–Crippen MR) is 128 cm³/mol. The Hall–Kier alpha value is -0.470. The van der Waals surface area contributed by atoms with Gasteiger partial charge in [-0.2, -0.15) is 11.8 Å². The summed E-state index contributed by atoms with van der Waals surface area (Å²) in [6.45, 7) is 5.50. The third-order valence-corrected chi connectivity index (χ3v) is 6.87. The van der Waals surface area contributed by atoms with E-state index in [-0.39, 0.29) is 29.4 Å². The largest absolute Gasteiger partial charge is 0.381 e. The van der Waals surface area contributed by atoms with E-state index >= 15 is 0 Å². The van der Waals surface area contributed by atoms with E-state index in [1.54, 1.807) is 0 Å². The summed E-state index contributed by atoms with van der Waals surface area (Å²) >= 11 is 2.00. The number of rotatable bonds is 6. The van der Waals surface area contributed by atoms with Crippen LogP contribution in [0.15, 0.2) is 35.3 Å². The molecule has 1 aliphatic carbocycles. The summed E-state index contributed by atoms with van der Waals surface area (Å²) < 4.78 is 5.65. The molecule has 4 nitrogen and oxygen atoms in total. The standard InChI is InChI=1S/C21H33N3OS.HI/c1-3-22-20(24-18-9-10-19(15-18)26-2)23-16-21(11-13-25-14-12-21)17-7-5-4-6-8-17;/h4-8,18-19H,3,9-16H2,1-2H3,(H2,22,23,24);1H. The average molecular weight is 503 g/mol. The molecule has 1 aromatic carbocycles. The Morgan fingerprint density at radius 2 is 1.96 bits per heavy atom. The van der Waals surface area contributed by atoms with Gasteiger partial charge in [0, 0.05) is 36.5 Å². The molecule has 6 heteroatoms. The number of hydrogen-bond acceptors (Lipinski definition) is 3. The molecule has 1 aromatic rings. The van der Waals surface area contributed by atoms with Gasteiger partial charge in [0.25, 0.3) is 0 Å². The summed E-state index contributed by atoms with van der Waals surface area (Å²) in [5.74, 6) is 0.973. The fraction of sp³-hybridized carbons (Fsp3) is 0.667. The van der Waals surface area contributed by atoms with Crippen LogP contribution in [0.1, 0.15) is 44.6 Å². The van der Waals surface area contributed by atoms with Crippen LogP contribution in [0.5, 0.6) is 0 Å². The maximum atomic E-state index is 5.65. The van der Waals surface area contributed by atoms with Crippen molar-refractivity contribution in [1.29, 1.82) is 0 Å². The van der Waals surface area contributed by atoms with Gasteiger partial charge in [0.05, 0.1) is 6.54 Å². The molecule has 1 aliphatic heterocycles. The molecule has 152 valence electrons. The predicted octanol–water partition coefficient (Wildman–Crippen LogP) is 4.19. The number of hydrogen-bond donors (Lipinski definition) is 2. The Morgan fingerprint density at radius 1 is 1.22 bits per heavy atom. The molecule has 0 aromatic heterocycles. The third kappa shape index (κ3) is 6.26. The number of ether oxygens (including phenoxy) is 1. The minimum Gasteiger partial charge on any atom is -0.381 e. The molecular weight excluding hydrogens is 469 g/mol. The summed E-state index contributed by atoms with van der Waals surface area (Å²) in [5, 5.41) is 7.93. The van der Waals surface area contributed by atoms with Gasteiger partial charge < -0.3 is 15.4 Å². The first-order valence-corrected chi connectivity index (χ1v) is 11.3. The maximum Gasteiger partial charge on any atom is 0.191 e. The minimum atomic E-state index is 0. The number of nitrogens with zero attached hydrogens (tertiary/aromatic N) is 1. The molecule has 1 saturated heterocycles. The second kappa shape index (κ2) is 11.5. The van der Waals surface area contributed by atoms with Gasteiger partial charge in [-0.1, -0.05) is 30.3 Å². The summed E-state index contributed by atoms with van der Waals surface area (Å²) in [6.07, 6.45) is 8.09. The molecule has 2 atom stereocenters. The first kappa shape index (κ1) is 22.8. The second-order valence-corrected chi connectivity index (χ2v) is 8.60. The van der Waals surface area contributed by atoms with E-state index in [4.69, 9.17) is 9.73 Å². The van der Waals surface area contributed by atoms with Crippen LogP contribution in [-0.2, 0) is 10.2 Å². The lowest BCUT2D eigenvalue weighted by Crippen LogP contribution is -2.44. The Bertz CT molecular complexity index is 578. The van der Waals surface area contributed by atoms with Crippen molar-refractivity contribution in [3.63, 3.8) is 0 Å². The lowest BCUT2D eigenvalue weighted by Gasteiger charge is -2.36. The molecule has 2 unspecified atom stereocenters. The van der Waals surface area contributed by atoms with Gasteiger partial charge in [0.1, 0.15) is 0 Å². The highest BCUT2D eigenvalue weighted by molar-refractivity contribution is 14.0. The van der Waals surface area contributed by atoms with Gasteiger partial charge in [0.2, 0.25) is 0 Å². The van der Waals surface area contributed by atoms with Gasteiger partial charge in [-0.25, -0.2) is 0 Å². The molecule has 2 fully saturated rings. The van der Waals surface area contributed by atoms with Crippen LogP contribution in [-0.4, -0.2) is 49.8 Å². The van der Waals surface area contributed by atoms with E-state index in [1.165, 1.54) is 24.8 Å². The fourth-order valence-corrected chi connectivity index (χ4v) is 4.92. The molecule has 0 spiro atoms. The van der Waals surface area contributed by atoms with Crippen LogP contribution in [0.4, 0.5) is 0 Å². The van der Waals surface area contributed by atoms with Crippen molar-refractivity contribution in [2.75, 3.05) is 32.6 Å². The summed E-state index contributed by atoms with van der Waals surface area (Å²) in [7, 11) is 0. The lowest BCUT2D eigenvalue weighted by atomic mass is 9.74. The maximum absolute atomic E-state index is 5.65. The van der Waals surface area contributed by atoms with Crippen LogP contribution in [0.2, 0.25) is 0 Å². The number of nitrogens with one attached hydrogen (secondary N) is 2. The van der Waals surface area contributed by atoms with Gasteiger partial charge in [-0.15, -0.1) is 24.0 Å². The van der Waals surface area contributed by atoms with E-state index in [0.29, 0.717) is 6.04 Å². The zero-order chi connectivity index (χ0) is 18.2. The van der Waals surface area contributed by atoms with Crippen molar-refractivity contribution in [3.05, 3.63) is 35.9 Å². The van der Waals surface area contributed by atoms with E-state index in [2.05, 4.69) is 54.1 Å². The zero-order valence-electron chi connectivity index (χ0n) is 16.6. The first-order valence-electron chi connectivity index (χ1n) is 9.96. The van der Waals surface area contributed by atoms with Crippen molar-refractivity contribution in [3.8, 4) is 0 Å². The molecule has 0 radical (unpaired) electrons. The number of benzene rings is 1. The molecular formula is C21H34IN3OS. The molecule has 3 rings (SSSR count). The molecule has 0 bridgehead atoms. The topological polar surface area (TPSA) is 45.7 Å². The third-order valence-electron chi connectivity index (χ3n) is 5.78. The van der Waals surface area contributed by atoms with Crippen molar-refractivity contribution in [2.24, 2.45) is 4.99 Å². The Morgan fingerprint density at radius 3 is 2.59 bits per heavy atom. The van der Waals surface area contributed by atoms with Gasteiger partial charge >= 0.3 is 0 Å². The molecule has 27 heavy (non-hydrogen) atoms. The van der Waals surface area contributed by atoms with Crippen LogP contribution < -0.4 is 10.6 Å². The van der Waals surface area contributed by atoms with Crippen molar-refractivity contribution in [2.45, 2.75) is 55.7 Å². The Balaban J connectivity index is 0.00000261. The minimum absolute atomic E-state index is 0. The van der Waals surface area contributed by atoms with Crippen molar-refractivity contribution in [1.82, 2.24) is 10.6 Å². The number of thioether (sulfide) groups is 1. The number of halogens is 1. The summed E-state index contributed by atoms with van der Waals surface area (Å²) in [6, 6.07) is 11.4. The molecule has 1 heterocycles. The molecule has 2 N–H and O–H groups in total. The van der Waals surface area contributed by atoms with E-state index in [1.807, 2.05) is 11.8 Å². The lowest BCUT2D eigenvalue weighted by molar-refractivity contribution is 0.0531. The highest BCUT2D eigenvalue weighted by atomic mass is 127. The highest BCUT2D eigenvalue weighted by Gasteiger charge is 2.34. The van der Waals surface area contributed by atoms with E-state index in [9.17, 15) is 0 Å². The zero-order valence-corrected chi connectivity index (χ0v) is 19.7. The molecule has 0 amide bonds. The van der Waals surface area contributed by atoms with Crippen LogP contribution >= 0.6 is 35.7 Å². The van der Waals surface area contributed by atoms with E-state index in [0.717, 1.165) is 50.4 Å². The van der Waals surface area contributed by atoms with Gasteiger partial charge in [0.15, 0.2) is 5.96 Å². The SMILES string of the molecule is CCNC(=NCC1(c2ccccc2)CCOCC1)NC1CCC(SC)C1.I. The monoisotopic (exact) mass is 503 g/mol. The summed E-state index contributed by atoms with van der Waals surface area (Å²) in [4.78, 5) is 5.03. The fourth-order valence-electron chi connectivity index (χ4n) is 4.12. The second-order valence-electron chi connectivity index (χ2n) is 7.47. The summed E-state index contributed by atoms with van der Waals surface area (Å²) in [5.41, 5.74) is 1.49. The highest BCUT2D eigenvalue weighted by Crippen LogP contribution is 2.35. The van der Waals surface area contributed by atoms with Crippen LogP contribution in [0.25, 0.3) is 0 Å². The molecule has 2 aliphatic rings. The average Bonchev–Trinajstić information content (AvgIpc) is 3.15. The molecule has 1 saturated carbocycles.